The van der Waals surface area contributed by atoms with Crippen LogP contribution in [0.15, 0.2) is 24.3 Å². The van der Waals surface area contributed by atoms with Gasteiger partial charge in [-0.3, -0.25) is 0 Å². The van der Waals surface area contributed by atoms with Crippen LogP contribution >= 0.6 is 26.9 Å². The summed E-state index contributed by atoms with van der Waals surface area (Å²) in [6.07, 6.45) is 14.0. The molecule has 0 amide bonds. The summed E-state index contributed by atoms with van der Waals surface area (Å²) in [6, 6.07) is 0. The molecule has 0 N–H and O–H groups in total. The zero-order valence-corrected chi connectivity index (χ0v) is 10.9. The van der Waals surface area contributed by atoms with Crippen LogP contribution in [-0.4, -0.2) is 0 Å². The SMILES string of the molecule is C1=CCC/C=C\CC1.[Br][Pd][Br]. The topological polar surface area (TPSA) is 0 Å². The summed E-state index contributed by atoms with van der Waals surface area (Å²) in [5.74, 6) is 0. The first-order chi connectivity index (χ1) is 5.41. The molecule has 0 atom stereocenters. The fourth-order valence-electron chi connectivity index (χ4n) is 0.856. The first kappa shape index (κ1) is 12.1. The van der Waals surface area contributed by atoms with Crippen LogP contribution in [0.4, 0.5) is 0 Å². The molecule has 0 aromatic heterocycles. The van der Waals surface area contributed by atoms with Crippen molar-refractivity contribution in [2.45, 2.75) is 25.7 Å². The molecule has 0 saturated carbocycles. The van der Waals surface area contributed by atoms with E-state index in [4.69, 9.17) is 0 Å². The third kappa shape index (κ3) is 11.1. The number of rotatable bonds is 0. The van der Waals surface area contributed by atoms with E-state index >= 15 is 0 Å². The molecule has 3 heteroatoms. The number of hydrogen-bond donors (Lipinski definition) is 0. The van der Waals surface area contributed by atoms with Gasteiger partial charge in [0.1, 0.15) is 0 Å². The van der Waals surface area contributed by atoms with Crippen LogP contribution in [0.5, 0.6) is 0 Å². The first-order valence-corrected chi connectivity index (χ1v) is 10.6. The van der Waals surface area contributed by atoms with Crippen LogP contribution in [0.25, 0.3) is 0 Å². The Morgan fingerprint density at radius 1 is 0.727 bits per heavy atom. The number of hydrogen-bond acceptors (Lipinski definition) is 0. The average Bonchev–Trinajstić information content (AvgIpc) is 1.86. The van der Waals surface area contributed by atoms with E-state index in [2.05, 4.69) is 51.2 Å². The molecule has 68 valence electrons. The third-order valence-corrected chi connectivity index (χ3v) is 1.33. The molecule has 0 aromatic carbocycles. The molecule has 0 bridgehead atoms. The average molecular weight is 374 g/mol. The van der Waals surface area contributed by atoms with Crippen molar-refractivity contribution in [2.75, 3.05) is 0 Å². The molecule has 0 radical (unpaired) electrons. The molecule has 0 unspecified atom stereocenters. The molecule has 0 spiro atoms. The molecule has 0 aromatic rings. The Morgan fingerprint density at radius 2 is 0.909 bits per heavy atom. The van der Waals surface area contributed by atoms with Gasteiger partial charge in [0.05, 0.1) is 0 Å². The summed E-state index contributed by atoms with van der Waals surface area (Å²) < 4.78 is 0. The number of allylic oxidation sites excluding steroid dienone is 4. The second-order valence-electron chi connectivity index (χ2n) is 2.14. The van der Waals surface area contributed by atoms with E-state index in [0.29, 0.717) is 13.9 Å². The van der Waals surface area contributed by atoms with Crippen molar-refractivity contribution in [3.05, 3.63) is 24.3 Å². The van der Waals surface area contributed by atoms with Crippen molar-refractivity contribution >= 4 is 26.9 Å². The minimum absolute atomic E-state index is 0.575. The fourth-order valence-corrected chi connectivity index (χ4v) is 0.856. The second kappa shape index (κ2) is 11.1. The van der Waals surface area contributed by atoms with Gasteiger partial charge in [0, 0.05) is 0 Å². The molecule has 11 heavy (non-hydrogen) atoms. The zero-order valence-electron chi connectivity index (χ0n) is 6.21. The molecule has 0 saturated heterocycles. The summed E-state index contributed by atoms with van der Waals surface area (Å²) in [4.78, 5) is 0. The first-order valence-electron chi connectivity index (χ1n) is 3.54. The van der Waals surface area contributed by atoms with Gasteiger partial charge < -0.3 is 0 Å². The van der Waals surface area contributed by atoms with E-state index in [9.17, 15) is 0 Å². The molecular weight excluding hydrogens is 362 g/mol. The van der Waals surface area contributed by atoms with E-state index in [1.165, 1.54) is 25.7 Å². The normalized spacial score (nSPS) is 19.5. The molecule has 0 fully saturated rings. The monoisotopic (exact) mass is 372 g/mol. The van der Waals surface area contributed by atoms with Crippen LogP contribution in [-0.2, 0) is 13.9 Å². The molecule has 1 rings (SSSR count). The summed E-state index contributed by atoms with van der Waals surface area (Å²) >= 11 is 6.80. The third-order valence-electron chi connectivity index (χ3n) is 1.33. The predicted octanol–water partition coefficient (Wildman–Crippen LogP) is 4.36. The summed E-state index contributed by atoms with van der Waals surface area (Å²) in [5.41, 5.74) is 0. The molecule has 1 aliphatic rings. The number of halogens is 2. The van der Waals surface area contributed by atoms with E-state index in [-0.39, 0.29) is 0 Å². The molecule has 0 aliphatic heterocycles. The van der Waals surface area contributed by atoms with Gasteiger partial charge >= 0.3 is 40.8 Å². The van der Waals surface area contributed by atoms with Crippen molar-refractivity contribution in [1.29, 1.82) is 0 Å². The van der Waals surface area contributed by atoms with Crippen molar-refractivity contribution in [1.82, 2.24) is 0 Å². The van der Waals surface area contributed by atoms with Gasteiger partial charge in [-0.1, -0.05) is 24.3 Å². The van der Waals surface area contributed by atoms with Crippen molar-refractivity contribution < 1.29 is 13.9 Å². The van der Waals surface area contributed by atoms with Crippen LogP contribution < -0.4 is 0 Å². The Labute approximate surface area is 90.1 Å². The van der Waals surface area contributed by atoms with Gasteiger partial charge in [0.2, 0.25) is 0 Å². The van der Waals surface area contributed by atoms with Crippen LogP contribution in [0.2, 0.25) is 0 Å². The van der Waals surface area contributed by atoms with Gasteiger partial charge in [0.25, 0.3) is 0 Å². The Hall–Kier alpha value is 1.10. The Balaban J connectivity index is 0.000000292. The van der Waals surface area contributed by atoms with Crippen LogP contribution in [0.1, 0.15) is 25.7 Å². The van der Waals surface area contributed by atoms with Gasteiger partial charge in [-0.2, -0.15) is 0 Å². The molecule has 0 heterocycles. The second-order valence-corrected chi connectivity index (χ2v) is 9.31. The van der Waals surface area contributed by atoms with Crippen molar-refractivity contribution in [3.63, 3.8) is 0 Å². The predicted molar refractivity (Wildman–Crippen MR) is 54.6 cm³/mol. The van der Waals surface area contributed by atoms with Gasteiger partial charge in [-0.15, -0.1) is 0 Å². The minimum atomic E-state index is 0.575. The summed E-state index contributed by atoms with van der Waals surface area (Å²) in [6.45, 7) is 0. The van der Waals surface area contributed by atoms with Crippen molar-refractivity contribution in [2.24, 2.45) is 0 Å². The Kier molecular flexibility index (Phi) is 12.2. The van der Waals surface area contributed by atoms with E-state index in [0.717, 1.165) is 0 Å². The van der Waals surface area contributed by atoms with Gasteiger partial charge in [-0.05, 0) is 25.7 Å². The maximum absolute atomic E-state index is 3.11. The Morgan fingerprint density at radius 3 is 1.09 bits per heavy atom. The summed E-state index contributed by atoms with van der Waals surface area (Å²) in [7, 11) is 0. The van der Waals surface area contributed by atoms with Crippen molar-refractivity contribution in [3.8, 4) is 0 Å². The Bertz CT molecular complexity index is 95.3. The standard InChI is InChI=1S/C8H12.2BrH.Pd/c1-2-4-6-8-7-5-3-1;;;/h1-2,7-8H,3-6H2;2*1H;/q;;;+2/p-2/b2-1-,8-7?;;;. The zero-order chi connectivity index (χ0) is 8.36. The summed E-state index contributed by atoms with van der Waals surface area (Å²) in [5, 5.41) is 0. The van der Waals surface area contributed by atoms with E-state index in [1.54, 1.807) is 0 Å². The molecule has 0 nitrogen and oxygen atoms in total. The maximum atomic E-state index is 3.11. The molecular formula is C8H12Br2Pd. The van der Waals surface area contributed by atoms with Crippen LogP contribution in [0.3, 0.4) is 0 Å². The fraction of sp³-hybridized carbons (Fsp3) is 0.500. The quantitative estimate of drug-likeness (QED) is 0.437. The van der Waals surface area contributed by atoms with Gasteiger partial charge in [-0.25, -0.2) is 0 Å². The van der Waals surface area contributed by atoms with E-state index < -0.39 is 0 Å². The molecule has 1 aliphatic carbocycles. The van der Waals surface area contributed by atoms with Crippen LogP contribution in [0, 0.1) is 0 Å². The van der Waals surface area contributed by atoms with E-state index in [1.807, 2.05) is 0 Å². The van der Waals surface area contributed by atoms with Gasteiger partial charge in [0.15, 0.2) is 0 Å².